The van der Waals surface area contributed by atoms with Crippen molar-refractivity contribution in [2.45, 2.75) is 68.1 Å². The van der Waals surface area contributed by atoms with Crippen molar-refractivity contribution in [3.63, 3.8) is 0 Å². The SMILES string of the molecule is O[C@](c1ccccc1)(c1nnc(C[N+]23CCC(CC2)[C@@H](SCc2ccccc2)C3)o1)C1CCCCC1. The molecule has 0 spiro atoms. The van der Waals surface area contributed by atoms with Crippen LogP contribution >= 0.6 is 11.8 Å². The van der Waals surface area contributed by atoms with Crippen LogP contribution in [0.4, 0.5) is 0 Å². The number of hydrogen-bond acceptors (Lipinski definition) is 5. The first-order valence-electron chi connectivity index (χ1n) is 13.8. The normalized spacial score (nSPS) is 28.1. The number of aliphatic hydroxyl groups is 1. The lowest BCUT2D eigenvalue weighted by molar-refractivity contribution is -0.955. The summed E-state index contributed by atoms with van der Waals surface area (Å²) >= 11 is 2.13. The van der Waals surface area contributed by atoms with E-state index in [9.17, 15) is 5.11 Å². The van der Waals surface area contributed by atoms with Gasteiger partial charge in [-0.05, 0) is 29.9 Å². The van der Waals surface area contributed by atoms with Gasteiger partial charge in [0.2, 0.25) is 0 Å². The fraction of sp³-hybridized carbons (Fsp3) is 0.533. The van der Waals surface area contributed by atoms with Crippen LogP contribution in [0.5, 0.6) is 0 Å². The summed E-state index contributed by atoms with van der Waals surface area (Å²) in [5.41, 5.74) is 1.07. The predicted octanol–water partition coefficient (Wildman–Crippen LogP) is 5.93. The van der Waals surface area contributed by atoms with Gasteiger partial charge in [-0.2, -0.15) is 0 Å². The van der Waals surface area contributed by atoms with Crippen molar-refractivity contribution < 1.29 is 14.0 Å². The minimum absolute atomic E-state index is 0.110. The second-order valence-corrected chi connectivity index (χ2v) is 12.5. The van der Waals surface area contributed by atoms with Crippen LogP contribution in [-0.4, -0.2) is 44.7 Å². The average molecular weight is 505 g/mol. The van der Waals surface area contributed by atoms with E-state index in [4.69, 9.17) is 4.42 Å². The summed E-state index contributed by atoms with van der Waals surface area (Å²) in [6.45, 7) is 4.33. The Morgan fingerprint density at radius 2 is 1.58 bits per heavy atom. The molecule has 0 unspecified atom stereocenters. The Bertz CT molecular complexity index is 1120. The van der Waals surface area contributed by atoms with E-state index in [1.807, 2.05) is 30.3 Å². The zero-order chi connectivity index (χ0) is 24.4. The molecule has 6 heteroatoms. The lowest BCUT2D eigenvalue weighted by atomic mass is 9.73. The zero-order valence-electron chi connectivity index (χ0n) is 21.1. The highest BCUT2D eigenvalue weighted by Crippen LogP contribution is 2.45. The molecule has 2 atom stereocenters. The van der Waals surface area contributed by atoms with E-state index >= 15 is 0 Å². The Hall–Kier alpha value is -2.15. The summed E-state index contributed by atoms with van der Waals surface area (Å²) in [6, 6.07) is 20.8. The average Bonchev–Trinajstić information content (AvgIpc) is 3.42. The molecule has 3 aliphatic heterocycles. The molecule has 7 rings (SSSR count). The van der Waals surface area contributed by atoms with E-state index in [1.54, 1.807) is 0 Å². The van der Waals surface area contributed by atoms with Gasteiger partial charge >= 0.3 is 0 Å². The van der Waals surface area contributed by atoms with Crippen molar-refractivity contribution >= 4 is 11.8 Å². The number of aromatic nitrogens is 2. The number of fused-ring (bicyclic) bond motifs is 3. The third-order valence-corrected chi connectivity index (χ3v) is 10.5. The molecule has 4 fully saturated rings. The topological polar surface area (TPSA) is 59.2 Å². The van der Waals surface area contributed by atoms with Crippen molar-refractivity contribution in [2.24, 2.45) is 11.8 Å². The maximum atomic E-state index is 12.1. The fourth-order valence-electron chi connectivity index (χ4n) is 6.91. The van der Waals surface area contributed by atoms with E-state index in [2.05, 4.69) is 52.3 Å². The summed E-state index contributed by atoms with van der Waals surface area (Å²) in [6.07, 6.45) is 8.07. The molecule has 4 heterocycles. The number of benzene rings is 2. The molecule has 0 radical (unpaired) electrons. The standard InChI is InChI=1S/C30H38N3O2S/c34-30(25-12-6-2-7-13-25,26-14-8-3-9-15-26)29-32-31-28(35-29)21-33-18-16-24(17-19-33)27(20-33)36-22-23-10-4-1-5-11-23/h1-2,4-7,10-13,24,26-27,34H,3,8-9,14-22H2/q+1/t24?,27-,30-,33?/m0/s1. The van der Waals surface area contributed by atoms with Gasteiger partial charge in [0.15, 0.2) is 12.1 Å². The third-order valence-electron chi connectivity index (χ3n) is 9.02. The fourth-order valence-corrected chi connectivity index (χ4v) is 8.48. The first-order chi connectivity index (χ1) is 17.6. The smallest absolute Gasteiger partial charge is 0.271 e. The van der Waals surface area contributed by atoms with Crippen LogP contribution in [0.15, 0.2) is 65.1 Å². The molecule has 3 saturated heterocycles. The van der Waals surface area contributed by atoms with E-state index in [0.717, 1.165) is 53.9 Å². The van der Waals surface area contributed by atoms with Gasteiger partial charge in [0.25, 0.3) is 11.8 Å². The van der Waals surface area contributed by atoms with Crippen LogP contribution in [0, 0.1) is 11.8 Å². The van der Waals surface area contributed by atoms with Crippen LogP contribution in [0.1, 0.15) is 67.9 Å². The van der Waals surface area contributed by atoms with Crippen LogP contribution in [0.3, 0.4) is 0 Å². The molecule has 1 N–H and O–H groups in total. The largest absolute Gasteiger partial charge is 0.416 e. The highest BCUT2D eigenvalue weighted by atomic mass is 32.2. The van der Waals surface area contributed by atoms with Gasteiger partial charge in [0.05, 0.1) is 24.9 Å². The highest BCUT2D eigenvalue weighted by Gasteiger charge is 2.48. The third kappa shape index (κ3) is 4.75. The zero-order valence-corrected chi connectivity index (χ0v) is 21.9. The number of thioether (sulfide) groups is 1. The molecule has 5 nitrogen and oxygen atoms in total. The molecule has 1 aliphatic carbocycles. The number of piperidine rings is 3. The molecule has 36 heavy (non-hydrogen) atoms. The Kier molecular flexibility index (Phi) is 6.93. The molecule has 190 valence electrons. The quantitative estimate of drug-likeness (QED) is 0.386. The van der Waals surface area contributed by atoms with Crippen molar-refractivity contribution in [1.29, 1.82) is 0 Å². The van der Waals surface area contributed by atoms with Gasteiger partial charge in [-0.15, -0.1) is 22.0 Å². The van der Waals surface area contributed by atoms with Crippen molar-refractivity contribution in [3.05, 3.63) is 83.6 Å². The van der Waals surface area contributed by atoms with Crippen LogP contribution < -0.4 is 0 Å². The van der Waals surface area contributed by atoms with E-state index in [1.165, 1.54) is 44.5 Å². The van der Waals surface area contributed by atoms with Crippen LogP contribution in [0.25, 0.3) is 0 Å². The van der Waals surface area contributed by atoms with Gasteiger partial charge in [-0.1, -0.05) is 79.9 Å². The van der Waals surface area contributed by atoms with Gasteiger partial charge in [0, 0.05) is 24.5 Å². The Morgan fingerprint density at radius 3 is 2.31 bits per heavy atom. The first kappa shape index (κ1) is 24.2. The Morgan fingerprint density at radius 1 is 0.889 bits per heavy atom. The van der Waals surface area contributed by atoms with Crippen molar-refractivity contribution in [3.8, 4) is 0 Å². The number of rotatable bonds is 8. The highest BCUT2D eigenvalue weighted by molar-refractivity contribution is 7.99. The number of hydrogen-bond donors (Lipinski definition) is 1. The molecular weight excluding hydrogens is 466 g/mol. The van der Waals surface area contributed by atoms with Crippen LogP contribution in [-0.2, 0) is 17.9 Å². The molecular formula is C30H38N3O2S+. The lowest BCUT2D eigenvalue weighted by Gasteiger charge is -2.52. The van der Waals surface area contributed by atoms with Gasteiger partial charge < -0.3 is 14.0 Å². The monoisotopic (exact) mass is 504 g/mol. The summed E-state index contributed by atoms with van der Waals surface area (Å²) in [5.74, 6) is 3.08. The summed E-state index contributed by atoms with van der Waals surface area (Å²) in [7, 11) is 0. The minimum Gasteiger partial charge on any atom is -0.416 e. The number of quaternary nitrogens is 1. The van der Waals surface area contributed by atoms with E-state index in [-0.39, 0.29) is 5.92 Å². The molecule has 1 saturated carbocycles. The molecule has 3 aromatic rings. The second kappa shape index (κ2) is 10.3. The van der Waals surface area contributed by atoms with E-state index in [0.29, 0.717) is 17.0 Å². The number of nitrogens with zero attached hydrogens (tertiary/aromatic N) is 3. The summed E-state index contributed by atoms with van der Waals surface area (Å²) in [5, 5.41) is 21.8. The van der Waals surface area contributed by atoms with E-state index < -0.39 is 5.60 Å². The summed E-state index contributed by atoms with van der Waals surface area (Å²) < 4.78 is 7.41. The molecule has 2 aromatic carbocycles. The van der Waals surface area contributed by atoms with Crippen molar-refractivity contribution in [2.75, 3.05) is 19.6 Å². The Balaban J connectivity index is 1.20. The maximum Gasteiger partial charge on any atom is 0.271 e. The lowest BCUT2D eigenvalue weighted by Crippen LogP contribution is -2.62. The molecule has 4 aliphatic rings. The minimum atomic E-state index is -1.21. The van der Waals surface area contributed by atoms with Gasteiger partial charge in [-0.25, -0.2) is 0 Å². The van der Waals surface area contributed by atoms with Gasteiger partial charge in [-0.3, -0.25) is 0 Å². The Labute approximate surface area is 218 Å². The maximum absolute atomic E-state index is 12.1. The first-order valence-corrected chi connectivity index (χ1v) is 14.8. The van der Waals surface area contributed by atoms with Gasteiger partial charge in [0.1, 0.15) is 0 Å². The predicted molar refractivity (Wildman–Crippen MR) is 143 cm³/mol. The molecule has 1 aromatic heterocycles. The van der Waals surface area contributed by atoms with Crippen LogP contribution in [0.2, 0.25) is 0 Å². The molecule has 2 bridgehead atoms. The van der Waals surface area contributed by atoms with Crippen molar-refractivity contribution in [1.82, 2.24) is 10.2 Å². The summed E-state index contributed by atoms with van der Waals surface area (Å²) in [4.78, 5) is 0. The molecule has 0 amide bonds. The second-order valence-electron chi connectivity index (χ2n) is 11.3.